The third-order valence-corrected chi connectivity index (χ3v) is 4.60. The number of hydrogen-bond donors (Lipinski definition) is 0. The summed E-state index contributed by atoms with van der Waals surface area (Å²) in [6.07, 6.45) is -2.28. The van der Waals surface area contributed by atoms with E-state index in [2.05, 4.69) is 15.0 Å². The van der Waals surface area contributed by atoms with Gasteiger partial charge in [0.25, 0.3) is 0 Å². The lowest BCUT2D eigenvalue weighted by atomic mass is 10.1. The predicted molar refractivity (Wildman–Crippen MR) is 84.8 cm³/mol. The normalized spacial score (nSPS) is 18.4. The van der Waals surface area contributed by atoms with E-state index >= 15 is 0 Å². The Bertz CT molecular complexity index is 709. The largest absolute Gasteiger partial charge is 0.416 e. The van der Waals surface area contributed by atoms with Crippen molar-refractivity contribution < 1.29 is 22.4 Å². The van der Waals surface area contributed by atoms with Crippen LogP contribution in [0.4, 0.5) is 13.2 Å². The molecule has 1 aliphatic heterocycles. The average molecular weight is 355 g/mol. The summed E-state index contributed by atoms with van der Waals surface area (Å²) in [5, 5.41) is 3.85. The summed E-state index contributed by atoms with van der Waals surface area (Å²) in [6.45, 7) is 3.65. The Hall–Kier alpha value is -1.93. The number of rotatable bonds is 4. The maximum Gasteiger partial charge on any atom is 0.416 e. The lowest BCUT2D eigenvalue weighted by Crippen LogP contribution is -2.38. The summed E-state index contributed by atoms with van der Waals surface area (Å²) in [5.41, 5.74) is -0.443. The Morgan fingerprint density at radius 3 is 2.64 bits per heavy atom. The molecule has 1 fully saturated rings. The van der Waals surface area contributed by atoms with Crippen LogP contribution < -0.4 is 0 Å². The zero-order valence-electron chi connectivity index (χ0n) is 14.1. The van der Waals surface area contributed by atoms with Crippen molar-refractivity contribution in [1.82, 2.24) is 15.0 Å². The topological polar surface area (TPSA) is 51.4 Å². The second kappa shape index (κ2) is 7.13. The number of ether oxygens (including phenoxy) is 1. The van der Waals surface area contributed by atoms with Gasteiger partial charge in [-0.3, -0.25) is 4.90 Å². The lowest BCUT2D eigenvalue weighted by Gasteiger charge is -2.33. The number of aromatic nitrogens is 2. The van der Waals surface area contributed by atoms with Crippen molar-refractivity contribution in [2.24, 2.45) is 0 Å². The molecule has 0 saturated carbocycles. The highest BCUT2D eigenvalue weighted by Gasteiger charge is 2.31. The van der Waals surface area contributed by atoms with E-state index in [4.69, 9.17) is 9.26 Å². The third kappa shape index (κ3) is 4.01. The van der Waals surface area contributed by atoms with Crippen LogP contribution in [0.1, 0.15) is 37.3 Å². The van der Waals surface area contributed by atoms with Crippen molar-refractivity contribution in [2.45, 2.75) is 38.1 Å². The number of hydrogen-bond acceptors (Lipinski definition) is 5. The number of piperidine rings is 1. The fourth-order valence-electron chi connectivity index (χ4n) is 3.01. The first-order valence-electron chi connectivity index (χ1n) is 8.16. The van der Waals surface area contributed by atoms with Crippen molar-refractivity contribution in [1.29, 1.82) is 0 Å². The van der Waals surface area contributed by atoms with Crippen LogP contribution in [0, 0.1) is 0 Å². The summed E-state index contributed by atoms with van der Waals surface area (Å²) >= 11 is 0. The Kier molecular flexibility index (Phi) is 5.10. The summed E-state index contributed by atoms with van der Waals surface area (Å²) in [5.74, 6) is 0.572. The molecule has 1 unspecified atom stereocenters. The van der Waals surface area contributed by atoms with Crippen LogP contribution in [-0.2, 0) is 10.9 Å². The number of nitrogens with zero attached hydrogens (tertiary/aromatic N) is 3. The first-order chi connectivity index (χ1) is 11.9. The molecule has 0 N–H and O–H groups in total. The summed E-state index contributed by atoms with van der Waals surface area (Å²) < 4.78 is 49.2. The SMILES string of the molecule is COC1CCN(C(C)c2nc(-c3cccc(C(F)(F)F)c3)no2)CC1. The minimum absolute atomic E-state index is 0.0927. The van der Waals surface area contributed by atoms with Crippen molar-refractivity contribution in [3.05, 3.63) is 35.7 Å². The number of benzene rings is 1. The van der Waals surface area contributed by atoms with Crippen LogP contribution in [0.25, 0.3) is 11.4 Å². The molecule has 5 nitrogen and oxygen atoms in total. The number of halogens is 3. The van der Waals surface area contributed by atoms with Crippen LogP contribution in [0.3, 0.4) is 0 Å². The van der Waals surface area contributed by atoms with Gasteiger partial charge in [0.05, 0.1) is 17.7 Å². The molecule has 0 radical (unpaired) electrons. The molecule has 0 bridgehead atoms. The van der Waals surface area contributed by atoms with Crippen LogP contribution in [-0.4, -0.2) is 41.3 Å². The summed E-state index contributed by atoms with van der Waals surface area (Å²) in [4.78, 5) is 6.51. The standard InChI is InChI=1S/C17H20F3N3O2/c1-11(23-8-6-14(24-2)7-9-23)16-21-15(22-25-16)12-4-3-5-13(10-12)17(18,19)20/h3-5,10-11,14H,6-9H2,1-2H3. The molecule has 2 aromatic rings. The smallest absolute Gasteiger partial charge is 0.381 e. The van der Waals surface area contributed by atoms with Gasteiger partial charge in [0, 0.05) is 25.8 Å². The Morgan fingerprint density at radius 1 is 1.28 bits per heavy atom. The van der Waals surface area contributed by atoms with Crippen LogP contribution in [0.15, 0.2) is 28.8 Å². The van der Waals surface area contributed by atoms with E-state index in [1.54, 1.807) is 13.2 Å². The van der Waals surface area contributed by atoms with E-state index in [1.807, 2.05) is 6.92 Å². The molecule has 8 heteroatoms. The molecule has 1 aliphatic rings. The van der Waals surface area contributed by atoms with Crippen LogP contribution in [0.5, 0.6) is 0 Å². The fourth-order valence-corrected chi connectivity index (χ4v) is 3.01. The van der Waals surface area contributed by atoms with Crippen molar-refractivity contribution in [2.75, 3.05) is 20.2 Å². The molecule has 2 heterocycles. The van der Waals surface area contributed by atoms with Gasteiger partial charge in [0.2, 0.25) is 11.7 Å². The van der Waals surface area contributed by atoms with Crippen LogP contribution >= 0.6 is 0 Å². The van der Waals surface area contributed by atoms with E-state index in [1.165, 1.54) is 6.07 Å². The molecule has 0 amide bonds. The average Bonchev–Trinajstić information content (AvgIpc) is 3.11. The Labute approximate surface area is 143 Å². The van der Waals surface area contributed by atoms with Gasteiger partial charge in [-0.1, -0.05) is 17.3 Å². The van der Waals surface area contributed by atoms with E-state index < -0.39 is 11.7 Å². The minimum atomic E-state index is -4.40. The van der Waals surface area contributed by atoms with E-state index in [9.17, 15) is 13.2 Å². The highest BCUT2D eigenvalue weighted by atomic mass is 19.4. The zero-order chi connectivity index (χ0) is 18.0. The second-order valence-corrected chi connectivity index (χ2v) is 6.18. The maximum atomic E-state index is 12.8. The van der Waals surface area contributed by atoms with Gasteiger partial charge >= 0.3 is 6.18 Å². The molecule has 1 aromatic carbocycles. The number of methoxy groups -OCH3 is 1. The van der Waals surface area contributed by atoms with E-state index in [0.717, 1.165) is 38.1 Å². The van der Waals surface area contributed by atoms with Crippen molar-refractivity contribution >= 4 is 0 Å². The Balaban J connectivity index is 1.74. The molecular weight excluding hydrogens is 335 g/mol. The van der Waals surface area contributed by atoms with Gasteiger partial charge < -0.3 is 9.26 Å². The van der Waals surface area contributed by atoms with Crippen molar-refractivity contribution in [3.8, 4) is 11.4 Å². The lowest BCUT2D eigenvalue weighted by molar-refractivity contribution is -0.137. The van der Waals surface area contributed by atoms with Gasteiger partial charge in [-0.25, -0.2) is 0 Å². The quantitative estimate of drug-likeness (QED) is 0.832. The summed E-state index contributed by atoms with van der Waals surface area (Å²) in [6, 6.07) is 4.84. The minimum Gasteiger partial charge on any atom is -0.381 e. The number of alkyl halides is 3. The Morgan fingerprint density at radius 2 is 2.00 bits per heavy atom. The van der Waals surface area contributed by atoms with Gasteiger partial charge in [-0.2, -0.15) is 18.2 Å². The number of likely N-dealkylation sites (tertiary alicyclic amines) is 1. The van der Waals surface area contributed by atoms with Gasteiger partial charge in [-0.05, 0) is 31.9 Å². The highest BCUT2D eigenvalue weighted by Crippen LogP contribution is 2.32. The predicted octanol–water partition coefficient (Wildman–Crippen LogP) is 3.93. The van der Waals surface area contributed by atoms with Gasteiger partial charge in [0.15, 0.2) is 0 Å². The van der Waals surface area contributed by atoms with E-state index in [0.29, 0.717) is 5.89 Å². The molecule has 1 aromatic heterocycles. The molecule has 3 rings (SSSR count). The molecule has 25 heavy (non-hydrogen) atoms. The van der Waals surface area contributed by atoms with Gasteiger partial charge in [0.1, 0.15) is 0 Å². The molecule has 0 spiro atoms. The summed E-state index contributed by atoms with van der Waals surface area (Å²) in [7, 11) is 1.71. The molecule has 1 saturated heterocycles. The maximum absolute atomic E-state index is 12.8. The first-order valence-corrected chi connectivity index (χ1v) is 8.16. The molecule has 0 aliphatic carbocycles. The highest BCUT2D eigenvalue weighted by molar-refractivity contribution is 5.55. The third-order valence-electron chi connectivity index (χ3n) is 4.60. The van der Waals surface area contributed by atoms with E-state index in [-0.39, 0.29) is 23.5 Å². The fraction of sp³-hybridized carbons (Fsp3) is 0.529. The van der Waals surface area contributed by atoms with Crippen molar-refractivity contribution in [3.63, 3.8) is 0 Å². The zero-order valence-corrected chi connectivity index (χ0v) is 14.1. The molecule has 136 valence electrons. The molecule has 1 atom stereocenters. The van der Waals surface area contributed by atoms with Crippen LogP contribution in [0.2, 0.25) is 0 Å². The molecular formula is C17H20F3N3O2. The van der Waals surface area contributed by atoms with Gasteiger partial charge in [-0.15, -0.1) is 0 Å². The second-order valence-electron chi connectivity index (χ2n) is 6.18. The monoisotopic (exact) mass is 355 g/mol. The first kappa shape index (κ1) is 17.9.